The van der Waals surface area contributed by atoms with Crippen LogP contribution in [0.15, 0.2) is 18.2 Å². The van der Waals surface area contributed by atoms with Gasteiger partial charge in [0.25, 0.3) is 0 Å². The third-order valence-corrected chi connectivity index (χ3v) is 3.35. The van der Waals surface area contributed by atoms with Gasteiger partial charge in [-0.1, -0.05) is 12.1 Å². The zero-order chi connectivity index (χ0) is 13.5. The van der Waals surface area contributed by atoms with Gasteiger partial charge in [-0.15, -0.1) is 0 Å². The third-order valence-electron chi connectivity index (χ3n) is 3.35. The minimum atomic E-state index is 0.531. The van der Waals surface area contributed by atoms with Crippen molar-refractivity contribution in [3.05, 3.63) is 29.3 Å². The molecule has 0 aliphatic carbocycles. The van der Waals surface area contributed by atoms with E-state index in [9.17, 15) is 0 Å². The predicted molar refractivity (Wildman–Crippen MR) is 72.9 cm³/mol. The molecule has 106 valence electrons. The maximum Gasteiger partial charge on any atom is 0.123 e. The monoisotopic (exact) mass is 266 g/mol. The molecule has 2 N–H and O–H groups in total. The average Bonchev–Trinajstić information content (AvgIpc) is 2.46. The van der Waals surface area contributed by atoms with Gasteiger partial charge < -0.3 is 14.3 Å². The molecule has 1 aromatic carbocycles. The normalized spacial score (nSPS) is 16.5. The van der Waals surface area contributed by atoms with Crippen LogP contribution in [-0.2, 0) is 22.5 Å². The van der Waals surface area contributed by atoms with Crippen LogP contribution in [0.4, 0.5) is 0 Å². The van der Waals surface area contributed by atoms with E-state index in [2.05, 4.69) is 21.9 Å². The molecule has 0 spiro atoms. The van der Waals surface area contributed by atoms with Crippen LogP contribution in [0.2, 0.25) is 0 Å². The van der Waals surface area contributed by atoms with Crippen molar-refractivity contribution in [2.24, 2.45) is 5.90 Å². The second-order valence-electron chi connectivity index (χ2n) is 4.66. The van der Waals surface area contributed by atoms with Crippen LogP contribution in [0.25, 0.3) is 0 Å². The van der Waals surface area contributed by atoms with E-state index in [0.717, 1.165) is 45.0 Å². The van der Waals surface area contributed by atoms with Crippen LogP contribution in [0.3, 0.4) is 0 Å². The largest absolute Gasteiger partial charge is 0.496 e. The van der Waals surface area contributed by atoms with Crippen LogP contribution >= 0.6 is 0 Å². The number of ether oxygens (including phenoxy) is 2. The van der Waals surface area contributed by atoms with Crippen molar-refractivity contribution in [2.75, 3.05) is 40.0 Å². The number of nitrogens with zero attached hydrogens (tertiary/aromatic N) is 1. The number of morpholine rings is 1. The standard InChI is InChI=1S/C14H22N2O3/c1-17-14-3-2-12(4-7-19-15)10-13(14)11-16-5-8-18-9-6-16/h2-3,10H,4-9,11,15H2,1H3. The molecule has 1 aromatic rings. The Bertz CT molecular complexity index is 392. The summed E-state index contributed by atoms with van der Waals surface area (Å²) in [6.07, 6.45) is 0.816. The van der Waals surface area contributed by atoms with Crippen molar-refractivity contribution in [3.8, 4) is 5.75 Å². The number of hydrogen-bond donors (Lipinski definition) is 1. The summed E-state index contributed by atoms with van der Waals surface area (Å²) in [5, 5.41) is 0. The molecule has 0 radical (unpaired) electrons. The summed E-state index contributed by atoms with van der Waals surface area (Å²) in [4.78, 5) is 7.01. The van der Waals surface area contributed by atoms with Crippen molar-refractivity contribution in [2.45, 2.75) is 13.0 Å². The molecule has 1 fully saturated rings. The minimum absolute atomic E-state index is 0.531. The van der Waals surface area contributed by atoms with Crippen molar-refractivity contribution in [1.82, 2.24) is 4.90 Å². The summed E-state index contributed by atoms with van der Waals surface area (Å²) < 4.78 is 10.8. The lowest BCUT2D eigenvalue weighted by atomic mass is 10.1. The Morgan fingerprint density at radius 3 is 2.79 bits per heavy atom. The Kier molecular flexibility index (Phi) is 5.60. The summed E-state index contributed by atoms with van der Waals surface area (Å²) in [5.74, 6) is 6.01. The zero-order valence-corrected chi connectivity index (χ0v) is 11.4. The summed E-state index contributed by atoms with van der Waals surface area (Å²) >= 11 is 0. The Morgan fingerprint density at radius 1 is 1.32 bits per heavy atom. The van der Waals surface area contributed by atoms with E-state index in [1.165, 1.54) is 11.1 Å². The van der Waals surface area contributed by atoms with Gasteiger partial charge in [-0.05, 0) is 18.1 Å². The average molecular weight is 266 g/mol. The molecule has 0 atom stereocenters. The Labute approximate surface area is 114 Å². The van der Waals surface area contributed by atoms with E-state index < -0.39 is 0 Å². The first-order chi connectivity index (χ1) is 9.33. The van der Waals surface area contributed by atoms with E-state index >= 15 is 0 Å². The first-order valence-electron chi connectivity index (χ1n) is 6.61. The highest BCUT2D eigenvalue weighted by Crippen LogP contribution is 2.22. The summed E-state index contributed by atoms with van der Waals surface area (Å²) in [7, 11) is 1.71. The molecule has 19 heavy (non-hydrogen) atoms. The fourth-order valence-corrected chi connectivity index (χ4v) is 2.29. The number of methoxy groups -OCH3 is 1. The fraction of sp³-hybridized carbons (Fsp3) is 0.571. The van der Waals surface area contributed by atoms with Gasteiger partial charge in [0, 0.05) is 25.2 Å². The zero-order valence-electron chi connectivity index (χ0n) is 11.4. The van der Waals surface area contributed by atoms with Gasteiger partial charge in [-0.25, -0.2) is 5.90 Å². The SMILES string of the molecule is COc1ccc(CCON)cc1CN1CCOCC1. The molecule has 1 aliphatic heterocycles. The lowest BCUT2D eigenvalue weighted by Gasteiger charge is -2.27. The summed E-state index contributed by atoms with van der Waals surface area (Å²) in [5.41, 5.74) is 2.42. The molecule has 1 saturated heterocycles. The van der Waals surface area contributed by atoms with Gasteiger partial charge >= 0.3 is 0 Å². The molecule has 0 saturated carbocycles. The predicted octanol–water partition coefficient (Wildman–Crippen LogP) is 0.960. The van der Waals surface area contributed by atoms with Gasteiger partial charge in [0.15, 0.2) is 0 Å². The molecule has 0 aromatic heterocycles. The van der Waals surface area contributed by atoms with Gasteiger partial charge in [0.2, 0.25) is 0 Å². The molecule has 5 nitrogen and oxygen atoms in total. The van der Waals surface area contributed by atoms with E-state index in [1.807, 2.05) is 6.07 Å². The topological polar surface area (TPSA) is 57.0 Å². The first-order valence-corrected chi connectivity index (χ1v) is 6.61. The van der Waals surface area contributed by atoms with E-state index in [1.54, 1.807) is 7.11 Å². The Balaban J connectivity index is 2.06. The van der Waals surface area contributed by atoms with Crippen molar-refractivity contribution < 1.29 is 14.3 Å². The maximum atomic E-state index is 5.43. The Morgan fingerprint density at radius 2 is 2.11 bits per heavy atom. The van der Waals surface area contributed by atoms with Crippen LogP contribution in [0.1, 0.15) is 11.1 Å². The van der Waals surface area contributed by atoms with Crippen LogP contribution < -0.4 is 10.6 Å². The van der Waals surface area contributed by atoms with Crippen molar-refractivity contribution >= 4 is 0 Å². The summed E-state index contributed by atoms with van der Waals surface area (Å²) in [6, 6.07) is 6.25. The molecule has 0 bridgehead atoms. The van der Waals surface area contributed by atoms with Gasteiger partial charge in [-0.2, -0.15) is 0 Å². The second-order valence-corrected chi connectivity index (χ2v) is 4.66. The quantitative estimate of drug-likeness (QED) is 0.777. The smallest absolute Gasteiger partial charge is 0.123 e. The van der Waals surface area contributed by atoms with Crippen LogP contribution in [-0.4, -0.2) is 44.9 Å². The minimum Gasteiger partial charge on any atom is -0.496 e. The maximum absolute atomic E-state index is 5.43. The molecule has 1 aliphatic rings. The molecule has 0 amide bonds. The van der Waals surface area contributed by atoms with Crippen molar-refractivity contribution in [3.63, 3.8) is 0 Å². The molecule has 5 heteroatoms. The van der Waals surface area contributed by atoms with E-state index in [0.29, 0.717) is 6.61 Å². The molecular weight excluding hydrogens is 244 g/mol. The molecular formula is C14H22N2O3. The lowest BCUT2D eigenvalue weighted by molar-refractivity contribution is 0.0338. The first kappa shape index (κ1) is 14.3. The number of rotatable bonds is 6. The number of benzene rings is 1. The Hall–Kier alpha value is -1.14. The molecule has 0 unspecified atom stereocenters. The summed E-state index contributed by atoms with van der Waals surface area (Å²) in [6.45, 7) is 4.98. The lowest BCUT2D eigenvalue weighted by Crippen LogP contribution is -2.35. The van der Waals surface area contributed by atoms with E-state index in [4.69, 9.17) is 15.4 Å². The van der Waals surface area contributed by atoms with Gasteiger partial charge in [-0.3, -0.25) is 4.90 Å². The highest BCUT2D eigenvalue weighted by atomic mass is 16.6. The second kappa shape index (κ2) is 7.45. The highest BCUT2D eigenvalue weighted by Gasteiger charge is 2.13. The van der Waals surface area contributed by atoms with E-state index in [-0.39, 0.29) is 0 Å². The molecule has 2 rings (SSSR count). The van der Waals surface area contributed by atoms with Gasteiger partial charge in [0.1, 0.15) is 5.75 Å². The highest BCUT2D eigenvalue weighted by molar-refractivity contribution is 5.37. The number of hydrogen-bond acceptors (Lipinski definition) is 5. The fourth-order valence-electron chi connectivity index (χ4n) is 2.29. The van der Waals surface area contributed by atoms with Gasteiger partial charge in [0.05, 0.1) is 26.9 Å². The number of nitrogens with two attached hydrogens (primary N) is 1. The van der Waals surface area contributed by atoms with Crippen LogP contribution in [0.5, 0.6) is 5.75 Å². The van der Waals surface area contributed by atoms with Crippen LogP contribution in [0, 0.1) is 0 Å². The molecule has 1 heterocycles. The third kappa shape index (κ3) is 4.18. The van der Waals surface area contributed by atoms with Crippen molar-refractivity contribution in [1.29, 1.82) is 0 Å².